The summed E-state index contributed by atoms with van der Waals surface area (Å²) in [5, 5.41) is 0.422. The molecule has 1 amide bonds. The van der Waals surface area contributed by atoms with Gasteiger partial charge in [0.15, 0.2) is 16.7 Å². The Bertz CT molecular complexity index is 1200. The molecule has 0 aliphatic rings. The molecule has 0 saturated carbocycles. The van der Waals surface area contributed by atoms with Crippen molar-refractivity contribution in [3.63, 3.8) is 0 Å². The lowest BCUT2D eigenvalue weighted by Crippen LogP contribution is -2.40. The fraction of sp³-hybridized carbons (Fsp3) is 0.150. The van der Waals surface area contributed by atoms with E-state index in [4.69, 9.17) is 23.1 Å². The summed E-state index contributed by atoms with van der Waals surface area (Å²) in [6.07, 6.45) is -5.09. The van der Waals surface area contributed by atoms with Crippen molar-refractivity contribution in [1.82, 2.24) is 4.98 Å². The molecule has 0 bridgehead atoms. The highest BCUT2D eigenvalue weighted by atomic mass is 35.5. The zero-order valence-corrected chi connectivity index (χ0v) is 18.3. The van der Waals surface area contributed by atoms with Crippen LogP contribution >= 0.6 is 22.9 Å². The molecule has 0 radical (unpaired) electrons. The summed E-state index contributed by atoms with van der Waals surface area (Å²) in [6.45, 7) is 1.37. The number of aromatic nitrogens is 1. The number of hydrogen-bond acceptors (Lipinski definition) is 7. The summed E-state index contributed by atoms with van der Waals surface area (Å²) in [4.78, 5) is 30.0. The van der Waals surface area contributed by atoms with E-state index in [-0.39, 0.29) is 27.1 Å². The number of primary amides is 1. The van der Waals surface area contributed by atoms with Crippen molar-refractivity contribution in [3.8, 4) is 5.75 Å². The second kappa shape index (κ2) is 9.24. The van der Waals surface area contributed by atoms with Crippen molar-refractivity contribution < 1.29 is 31.9 Å². The highest BCUT2D eigenvalue weighted by molar-refractivity contribution is 7.18. The highest BCUT2D eigenvalue weighted by Crippen LogP contribution is 2.38. The van der Waals surface area contributed by atoms with E-state index in [9.17, 15) is 27.2 Å². The predicted molar refractivity (Wildman–Crippen MR) is 115 cm³/mol. The summed E-state index contributed by atoms with van der Waals surface area (Å²) >= 11 is 6.63. The van der Waals surface area contributed by atoms with Crippen LogP contribution in [0.5, 0.6) is 5.75 Å². The average Bonchev–Trinajstić information content (AvgIpc) is 3.10. The van der Waals surface area contributed by atoms with Crippen molar-refractivity contribution in [2.45, 2.75) is 19.3 Å². The largest absolute Gasteiger partial charge is 0.573 e. The number of rotatable bonds is 7. The summed E-state index contributed by atoms with van der Waals surface area (Å²) in [5.41, 5.74) is 11.5. The first kappa shape index (κ1) is 24.3. The Kier molecular flexibility index (Phi) is 6.79. The third-order valence-electron chi connectivity index (χ3n) is 4.38. The zero-order valence-electron chi connectivity index (χ0n) is 16.7. The van der Waals surface area contributed by atoms with Gasteiger partial charge < -0.3 is 21.1 Å². The first-order valence-electron chi connectivity index (χ1n) is 9.08. The van der Waals surface area contributed by atoms with Crippen molar-refractivity contribution in [2.75, 3.05) is 10.6 Å². The Morgan fingerprint density at radius 2 is 1.82 bits per heavy atom. The number of ether oxygens (including phenoxy) is 1. The minimum absolute atomic E-state index is 0.00000304. The fourth-order valence-corrected chi connectivity index (χ4v) is 3.97. The molecule has 1 aromatic heterocycles. The Balaban J connectivity index is 2.03. The van der Waals surface area contributed by atoms with Crippen LogP contribution < -0.4 is 21.1 Å². The van der Waals surface area contributed by atoms with Gasteiger partial charge in [-0.3, -0.25) is 9.59 Å². The first-order chi connectivity index (χ1) is 15.4. The quantitative estimate of drug-likeness (QED) is 0.359. The minimum Gasteiger partial charge on any atom is -0.403 e. The standard InChI is InChI=1S/C20H15ClF4N4O3S/c1-9(18(27)31)29(12-6-7-14(13(22)8-12)32-20(23,24)25)19-28-17(26)16(33-19)15(30)10-2-4-11(21)5-3-10/h2-9H,26H2,1H3,(H2,27,31). The molecule has 3 aromatic rings. The number of ketones is 1. The summed E-state index contributed by atoms with van der Waals surface area (Å²) < 4.78 is 55.3. The monoisotopic (exact) mass is 502 g/mol. The second-order valence-electron chi connectivity index (χ2n) is 6.66. The molecule has 0 aliphatic heterocycles. The van der Waals surface area contributed by atoms with Gasteiger partial charge in [0.1, 0.15) is 16.7 Å². The lowest BCUT2D eigenvalue weighted by Gasteiger charge is -2.27. The van der Waals surface area contributed by atoms with E-state index in [1.165, 1.54) is 31.2 Å². The number of anilines is 3. The van der Waals surface area contributed by atoms with Gasteiger partial charge in [0.25, 0.3) is 0 Å². The molecule has 1 heterocycles. The lowest BCUT2D eigenvalue weighted by atomic mass is 10.1. The number of carbonyl (C=O) groups excluding carboxylic acids is 2. The number of benzene rings is 2. The molecule has 0 aliphatic carbocycles. The average molecular weight is 503 g/mol. The highest BCUT2D eigenvalue weighted by Gasteiger charge is 2.33. The van der Waals surface area contributed by atoms with Gasteiger partial charge in [0.05, 0.1) is 0 Å². The molecule has 1 atom stereocenters. The van der Waals surface area contributed by atoms with Crippen LogP contribution in [0.2, 0.25) is 5.02 Å². The number of hydrogen-bond donors (Lipinski definition) is 2. The number of nitrogens with zero attached hydrogens (tertiary/aromatic N) is 2. The van der Waals surface area contributed by atoms with Crippen LogP contribution in [0.3, 0.4) is 0 Å². The fourth-order valence-electron chi connectivity index (χ4n) is 2.79. The molecule has 174 valence electrons. The molecule has 3 rings (SSSR count). The van der Waals surface area contributed by atoms with Gasteiger partial charge >= 0.3 is 6.36 Å². The van der Waals surface area contributed by atoms with Crippen molar-refractivity contribution in [2.24, 2.45) is 5.73 Å². The van der Waals surface area contributed by atoms with E-state index in [0.717, 1.165) is 34.4 Å². The molecule has 0 spiro atoms. The van der Waals surface area contributed by atoms with Crippen LogP contribution in [-0.4, -0.2) is 29.1 Å². The van der Waals surface area contributed by atoms with Crippen LogP contribution in [0, 0.1) is 5.82 Å². The predicted octanol–water partition coefficient (Wildman–Crippen LogP) is 4.66. The van der Waals surface area contributed by atoms with Crippen LogP contribution in [0.1, 0.15) is 22.2 Å². The molecular formula is C20H15ClF4N4O3S. The van der Waals surface area contributed by atoms with Crippen molar-refractivity contribution in [1.29, 1.82) is 0 Å². The first-order valence-corrected chi connectivity index (χ1v) is 10.3. The van der Waals surface area contributed by atoms with E-state index in [0.29, 0.717) is 5.02 Å². The van der Waals surface area contributed by atoms with E-state index in [2.05, 4.69) is 9.72 Å². The maximum Gasteiger partial charge on any atom is 0.573 e. The number of nitrogens with two attached hydrogens (primary N) is 2. The Hall–Kier alpha value is -3.38. The number of nitrogen functional groups attached to an aromatic ring is 1. The van der Waals surface area contributed by atoms with Crippen LogP contribution in [0.15, 0.2) is 42.5 Å². The topological polar surface area (TPSA) is 112 Å². The van der Waals surface area contributed by atoms with Gasteiger partial charge in [-0.15, -0.1) is 13.2 Å². The number of amides is 1. The van der Waals surface area contributed by atoms with Crippen molar-refractivity contribution >= 4 is 51.3 Å². The molecule has 2 aromatic carbocycles. The van der Waals surface area contributed by atoms with Gasteiger partial charge in [-0.1, -0.05) is 22.9 Å². The van der Waals surface area contributed by atoms with Gasteiger partial charge in [-0.25, -0.2) is 9.37 Å². The maximum absolute atomic E-state index is 14.3. The minimum atomic E-state index is -5.09. The van der Waals surface area contributed by atoms with E-state index >= 15 is 0 Å². The van der Waals surface area contributed by atoms with Crippen LogP contribution in [0.4, 0.5) is 34.2 Å². The zero-order chi connectivity index (χ0) is 24.5. The SMILES string of the molecule is CC(C(N)=O)N(c1ccc(OC(F)(F)F)c(F)c1)c1nc(N)c(C(=O)c2ccc(Cl)cc2)s1. The molecule has 1 unspecified atom stereocenters. The number of halogens is 5. The normalized spacial score (nSPS) is 12.3. The summed E-state index contributed by atoms with van der Waals surface area (Å²) in [5.74, 6) is -3.87. The van der Waals surface area contributed by atoms with Gasteiger partial charge in [-0.05, 0) is 43.3 Å². The van der Waals surface area contributed by atoms with Gasteiger partial charge in [0, 0.05) is 22.3 Å². The molecule has 33 heavy (non-hydrogen) atoms. The lowest BCUT2D eigenvalue weighted by molar-refractivity contribution is -0.275. The molecule has 0 saturated heterocycles. The molecule has 0 fully saturated rings. The number of thiazole rings is 1. The van der Waals surface area contributed by atoms with Gasteiger partial charge in [0.2, 0.25) is 11.7 Å². The number of carbonyl (C=O) groups is 2. The third kappa shape index (κ3) is 5.52. The number of alkyl halides is 3. The smallest absolute Gasteiger partial charge is 0.403 e. The van der Waals surface area contributed by atoms with E-state index < -0.39 is 35.7 Å². The van der Waals surface area contributed by atoms with Crippen LogP contribution in [-0.2, 0) is 4.79 Å². The molecule has 13 heteroatoms. The third-order valence-corrected chi connectivity index (χ3v) is 5.70. The Morgan fingerprint density at radius 3 is 2.36 bits per heavy atom. The van der Waals surface area contributed by atoms with E-state index in [1.807, 2.05) is 0 Å². The second-order valence-corrected chi connectivity index (χ2v) is 8.07. The Morgan fingerprint density at radius 1 is 1.18 bits per heavy atom. The van der Waals surface area contributed by atoms with E-state index in [1.54, 1.807) is 0 Å². The molecular weight excluding hydrogens is 488 g/mol. The molecule has 4 N–H and O–H groups in total. The summed E-state index contributed by atoms with van der Waals surface area (Å²) in [6, 6.07) is 7.44. The molecule has 7 nitrogen and oxygen atoms in total. The van der Waals surface area contributed by atoms with Gasteiger partial charge in [-0.2, -0.15) is 0 Å². The Labute approximate surface area is 193 Å². The van der Waals surface area contributed by atoms with Crippen LogP contribution in [0.25, 0.3) is 0 Å². The van der Waals surface area contributed by atoms with Crippen molar-refractivity contribution in [3.05, 3.63) is 63.7 Å². The maximum atomic E-state index is 14.3. The summed E-state index contributed by atoms with van der Waals surface area (Å²) in [7, 11) is 0.